The third-order valence-electron chi connectivity index (χ3n) is 7.35. The first-order valence-electron chi connectivity index (χ1n) is 12.8. The molecule has 5 rings (SSSR count). The van der Waals surface area contributed by atoms with Crippen molar-refractivity contribution < 1.29 is 19.4 Å². The van der Waals surface area contributed by atoms with Gasteiger partial charge in [0.1, 0.15) is 5.76 Å². The van der Waals surface area contributed by atoms with Gasteiger partial charge in [-0.25, -0.2) is 0 Å². The van der Waals surface area contributed by atoms with Crippen LogP contribution in [0, 0.1) is 0 Å². The van der Waals surface area contributed by atoms with Gasteiger partial charge in [-0.2, -0.15) is 0 Å². The van der Waals surface area contributed by atoms with Gasteiger partial charge in [0, 0.05) is 37.5 Å². The Balaban J connectivity index is 1.64. The van der Waals surface area contributed by atoms with E-state index in [1.165, 1.54) is 0 Å². The van der Waals surface area contributed by atoms with E-state index < -0.39 is 17.7 Å². The molecule has 2 atom stereocenters. The van der Waals surface area contributed by atoms with E-state index in [4.69, 9.17) is 4.74 Å². The molecule has 2 unspecified atom stereocenters. The Morgan fingerprint density at radius 1 is 1.00 bits per heavy atom. The molecule has 3 aromatic rings. The fraction of sp³-hybridized carbons (Fsp3) is 0.333. The molecule has 2 fully saturated rings. The van der Waals surface area contributed by atoms with Crippen molar-refractivity contribution in [2.45, 2.75) is 38.8 Å². The van der Waals surface area contributed by atoms with Crippen LogP contribution >= 0.6 is 0 Å². The smallest absolute Gasteiger partial charge is 0.295 e. The van der Waals surface area contributed by atoms with E-state index in [-0.39, 0.29) is 17.4 Å². The van der Waals surface area contributed by atoms with Crippen molar-refractivity contribution in [2.24, 2.45) is 0 Å². The molecule has 0 aliphatic carbocycles. The van der Waals surface area contributed by atoms with E-state index in [2.05, 4.69) is 18.7 Å². The van der Waals surface area contributed by atoms with E-state index in [0.717, 1.165) is 48.0 Å². The number of amides is 1. The maximum absolute atomic E-state index is 13.4. The van der Waals surface area contributed by atoms with Crippen LogP contribution in [0.4, 0.5) is 5.69 Å². The van der Waals surface area contributed by atoms with Crippen LogP contribution in [-0.2, 0) is 14.3 Å². The molecule has 36 heavy (non-hydrogen) atoms. The summed E-state index contributed by atoms with van der Waals surface area (Å²) < 4.78 is 5.81. The van der Waals surface area contributed by atoms with Crippen LogP contribution < -0.4 is 4.90 Å². The van der Waals surface area contributed by atoms with Crippen LogP contribution in [0.5, 0.6) is 0 Å². The van der Waals surface area contributed by atoms with Gasteiger partial charge >= 0.3 is 0 Å². The molecule has 2 heterocycles. The number of hydrogen-bond donors (Lipinski definition) is 1. The molecule has 1 amide bonds. The minimum Gasteiger partial charge on any atom is -0.507 e. The Kier molecular flexibility index (Phi) is 6.79. The van der Waals surface area contributed by atoms with Crippen LogP contribution in [0.25, 0.3) is 16.5 Å². The molecule has 0 spiro atoms. The lowest BCUT2D eigenvalue weighted by molar-refractivity contribution is -0.140. The summed E-state index contributed by atoms with van der Waals surface area (Å²) in [5, 5.41) is 13.4. The molecule has 2 aliphatic rings. The average molecular weight is 485 g/mol. The second-order valence-electron chi connectivity index (χ2n) is 9.38. The molecule has 0 radical (unpaired) electrons. The van der Waals surface area contributed by atoms with Crippen LogP contribution in [0.1, 0.15) is 43.9 Å². The SMILES string of the molecule is CCN(CC)c1ccc(C2/C(=C(/O)c3cccc4ccccc34)C(=O)C(=O)N2CC2CCCO2)cc1. The number of aliphatic hydroxyl groups is 1. The van der Waals surface area contributed by atoms with Crippen molar-refractivity contribution >= 4 is 33.9 Å². The maximum atomic E-state index is 13.4. The molecule has 6 heteroatoms. The van der Waals surface area contributed by atoms with Gasteiger partial charge in [-0.3, -0.25) is 9.59 Å². The normalized spacial score (nSPS) is 21.4. The van der Waals surface area contributed by atoms with Crippen LogP contribution in [-0.4, -0.2) is 54.0 Å². The maximum Gasteiger partial charge on any atom is 0.295 e. The van der Waals surface area contributed by atoms with Crippen LogP contribution in [0.3, 0.4) is 0 Å². The molecule has 3 aromatic carbocycles. The van der Waals surface area contributed by atoms with E-state index in [1.807, 2.05) is 60.7 Å². The summed E-state index contributed by atoms with van der Waals surface area (Å²) in [6.07, 6.45) is 1.67. The summed E-state index contributed by atoms with van der Waals surface area (Å²) >= 11 is 0. The highest BCUT2D eigenvalue weighted by molar-refractivity contribution is 6.46. The van der Waals surface area contributed by atoms with Crippen molar-refractivity contribution in [1.29, 1.82) is 0 Å². The molecular weight excluding hydrogens is 452 g/mol. The zero-order valence-electron chi connectivity index (χ0n) is 20.8. The standard InChI is InChI=1S/C30H32N2O4/c1-3-31(4-2)22-16-14-21(15-17-22)27-26(29(34)30(35)32(27)19-23-11-8-18-36-23)28(33)25-13-7-10-20-9-5-6-12-24(20)25/h5-7,9-10,12-17,23,27,33H,3-4,8,11,18-19H2,1-2H3/b28-26-. The topological polar surface area (TPSA) is 70.1 Å². The minimum atomic E-state index is -0.682. The molecule has 186 valence electrons. The van der Waals surface area contributed by atoms with E-state index in [9.17, 15) is 14.7 Å². The molecule has 2 saturated heterocycles. The predicted molar refractivity (Wildman–Crippen MR) is 142 cm³/mol. The molecule has 0 aromatic heterocycles. The van der Waals surface area contributed by atoms with Gasteiger partial charge in [-0.15, -0.1) is 0 Å². The largest absolute Gasteiger partial charge is 0.507 e. The fourth-order valence-electron chi connectivity index (χ4n) is 5.46. The Labute approximate surface area is 211 Å². The van der Waals surface area contributed by atoms with Crippen LogP contribution in [0.2, 0.25) is 0 Å². The van der Waals surface area contributed by atoms with Gasteiger partial charge in [0.2, 0.25) is 0 Å². The lowest BCUT2D eigenvalue weighted by Gasteiger charge is -2.28. The quantitative estimate of drug-likeness (QED) is 0.280. The number of ketones is 1. The number of Topliss-reactive ketones (excluding diaryl/α,β-unsaturated/α-hetero) is 1. The second kappa shape index (κ2) is 10.2. The number of rotatable bonds is 7. The second-order valence-corrected chi connectivity index (χ2v) is 9.38. The summed E-state index contributed by atoms with van der Waals surface area (Å²) in [5.41, 5.74) is 2.55. The first-order chi connectivity index (χ1) is 17.5. The molecule has 0 saturated carbocycles. The highest BCUT2D eigenvalue weighted by atomic mass is 16.5. The number of carbonyl (C=O) groups is 2. The number of hydrogen-bond acceptors (Lipinski definition) is 5. The summed E-state index contributed by atoms with van der Waals surface area (Å²) in [6.45, 7) is 6.96. The number of likely N-dealkylation sites (tertiary alicyclic amines) is 1. The Morgan fingerprint density at radius 3 is 2.42 bits per heavy atom. The molecule has 2 aliphatic heterocycles. The summed E-state index contributed by atoms with van der Waals surface area (Å²) in [7, 11) is 0. The number of anilines is 1. The number of nitrogens with zero attached hydrogens (tertiary/aromatic N) is 2. The first kappa shape index (κ1) is 24.1. The Bertz CT molecular complexity index is 1300. The van der Waals surface area contributed by atoms with Gasteiger partial charge in [-0.05, 0) is 55.2 Å². The van der Waals surface area contributed by atoms with Gasteiger partial charge in [-0.1, -0.05) is 54.6 Å². The lowest BCUT2D eigenvalue weighted by Crippen LogP contribution is -2.36. The van der Waals surface area contributed by atoms with Crippen molar-refractivity contribution in [3.8, 4) is 0 Å². The lowest BCUT2D eigenvalue weighted by atomic mass is 9.93. The number of carbonyl (C=O) groups excluding carboxylic acids is 2. The fourth-order valence-corrected chi connectivity index (χ4v) is 5.46. The monoisotopic (exact) mass is 484 g/mol. The third-order valence-corrected chi connectivity index (χ3v) is 7.35. The van der Waals surface area contributed by atoms with Crippen molar-refractivity contribution in [3.05, 3.63) is 83.4 Å². The van der Waals surface area contributed by atoms with Gasteiger partial charge in [0.15, 0.2) is 0 Å². The highest BCUT2D eigenvalue weighted by Crippen LogP contribution is 2.41. The van der Waals surface area contributed by atoms with E-state index >= 15 is 0 Å². The minimum absolute atomic E-state index is 0.113. The van der Waals surface area contributed by atoms with Gasteiger partial charge in [0.25, 0.3) is 11.7 Å². The summed E-state index contributed by atoms with van der Waals surface area (Å²) in [5.74, 6) is -1.39. The molecule has 6 nitrogen and oxygen atoms in total. The molecule has 1 N–H and O–H groups in total. The number of fused-ring (bicyclic) bond motifs is 1. The zero-order chi connectivity index (χ0) is 25.2. The average Bonchev–Trinajstić information content (AvgIpc) is 3.51. The number of ether oxygens (including phenoxy) is 1. The molecule has 0 bridgehead atoms. The van der Waals surface area contributed by atoms with Crippen LogP contribution in [0.15, 0.2) is 72.3 Å². The van der Waals surface area contributed by atoms with Crippen molar-refractivity contribution in [1.82, 2.24) is 4.90 Å². The van der Waals surface area contributed by atoms with Gasteiger partial charge < -0.3 is 19.6 Å². The highest BCUT2D eigenvalue weighted by Gasteiger charge is 2.47. The van der Waals surface area contributed by atoms with Gasteiger partial charge in [0.05, 0.1) is 17.7 Å². The number of benzene rings is 3. The summed E-state index contributed by atoms with van der Waals surface area (Å²) in [4.78, 5) is 30.6. The van der Waals surface area contributed by atoms with E-state index in [0.29, 0.717) is 18.7 Å². The summed E-state index contributed by atoms with van der Waals surface area (Å²) in [6, 6.07) is 20.6. The van der Waals surface area contributed by atoms with E-state index in [1.54, 1.807) is 11.0 Å². The van der Waals surface area contributed by atoms with Crippen molar-refractivity contribution in [3.63, 3.8) is 0 Å². The Morgan fingerprint density at radius 2 is 1.72 bits per heavy atom. The Hall–Kier alpha value is -3.64. The van der Waals surface area contributed by atoms with Crippen molar-refractivity contribution in [2.75, 3.05) is 31.1 Å². The number of aliphatic hydroxyl groups excluding tert-OH is 1. The molecular formula is C30H32N2O4. The first-order valence-corrected chi connectivity index (χ1v) is 12.8. The third kappa shape index (κ3) is 4.26. The predicted octanol–water partition coefficient (Wildman–Crippen LogP) is 5.29. The zero-order valence-corrected chi connectivity index (χ0v) is 20.8.